The molecule has 0 aromatic heterocycles. The van der Waals surface area contributed by atoms with Crippen LogP contribution < -0.4 is 9.64 Å². The molecule has 0 aliphatic carbocycles. The van der Waals surface area contributed by atoms with Gasteiger partial charge in [-0.1, -0.05) is 41.9 Å². The fraction of sp³-hybridized carbons (Fsp3) is 0.0833. The van der Waals surface area contributed by atoms with Gasteiger partial charge in [-0.05, 0) is 54.1 Å². The molecule has 5 nitrogen and oxygen atoms in total. The van der Waals surface area contributed by atoms with Crippen LogP contribution in [-0.2, 0) is 9.59 Å². The van der Waals surface area contributed by atoms with Crippen LogP contribution in [-0.4, -0.2) is 23.9 Å². The molecule has 3 aromatic carbocycles. The van der Waals surface area contributed by atoms with Crippen LogP contribution in [0.2, 0.25) is 5.02 Å². The third kappa shape index (κ3) is 3.44. The molecule has 30 heavy (non-hydrogen) atoms. The summed E-state index contributed by atoms with van der Waals surface area (Å²) in [5.74, 6) is -1.06. The van der Waals surface area contributed by atoms with Crippen LogP contribution in [0.25, 0.3) is 5.76 Å². The van der Waals surface area contributed by atoms with E-state index in [-0.39, 0.29) is 11.3 Å². The van der Waals surface area contributed by atoms with Gasteiger partial charge in [-0.15, -0.1) is 0 Å². The summed E-state index contributed by atoms with van der Waals surface area (Å²) in [6.07, 6.45) is 0. The number of hydrogen-bond acceptors (Lipinski definition) is 4. The van der Waals surface area contributed by atoms with E-state index < -0.39 is 17.7 Å². The van der Waals surface area contributed by atoms with E-state index in [9.17, 15) is 14.7 Å². The Hall–Kier alpha value is -3.57. The summed E-state index contributed by atoms with van der Waals surface area (Å²) in [6, 6.07) is 21.7. The van der Waals surface area contributed by atoms with Crippen molar-refractivity contribution in [3.63, 3.8) is 0 Å². The lowest BCUT2D eigenvalue weighted by Crippen LogP contribution is -2.29. The van der Waals surface area contributed by atoms with Crippen LogP contribution in [0.15, 0.2) is 84.4 Å². The van der Waals surface area contributed by atoms with E-state index in [1.807, 2.05) is 30.3 Å². The molecule has 1 amide bonds. The Balaban J connectivity index is 1.90. The molecule has 1 saturated heterocycles. The summed E-state index contributed by atoms with van der Waals surface area (Å²) in [7, 11) is 1.55. The SMILES string of the molecule is COc1ccc(N2C(=O)C(=O)C(=C(O)c3ccc(Cl)cc3)[C@H]2c2ccccc2)cc1. The number of hydrogen-bond donors (Lipinski definition) is 1. The smallest absolute Gasteiger partial charge is 0.300 e. The molecule has 0 bridgehead atoms. The first-order valence-electron chi connectivity index (χ1n) is 9.27. The number of carbonyl (C=O) groups excluding carboxylic acids is 2. The van der Waals surface area contributed by atoms with Crippen molar-refractivity contribution >= 4 is 34.7 Å². The molecule has 1 atom stereocenters. The molecule has 1 fully saturated rings. The van der Waals surface area contributed by atoms with Crippen LogP contribution in [0.5, 0.6) is 5.75 Å². The molecular formula is C24H18ClNO4. The summed E-state index contributed by atoms with van der Waals surface area (Å²) in [5.41, 5.74) is 1.68. The summed E-state index contributed by atoms with van der Waals surface area (Å²) in [4.78, 5) is 27.4. The Bertz CT molecular complexity index is 1120. The molecule has 1 heterocycles. The van der Waals surface area contributed by atoms with Crippen molar-refractivity contribution in [2.45, 2.75) is 6.04 Å². The third-order valence-electron chi connectivity index (χ3n) is 5.03. The van der Waals surface area contributed by atoms with Crippen molar-refractivity contribution in [2.24, 2.45) is 0 Å². The van der Waals surface area contributed by atoms with Gasteiger partial charge in [0.05, 0.1) is 18.7 Å². The van der Waals surface area contributed by atoms with Gasteiger partial charge in [0.25, 0.3) is 11.7 Å². The van der Waals surface area contributed by atoms with E-state index >= 15 is 0 Å². The predicted molar refractivity (Wildman–Crippen MR) is 116 cm³/mol. The summed E-state index contributed by atoms with van der Waals surface area (Å²) in [6.45, 7) is 0. The summed E-state index contributed by atoms with van der Waals surface area (Å²) in [5, 5.41) is 11.5. The largest absolute Gasteiger partial charge is 0.507 e. The number of amides is 1. The van der Waals surface area contributed by atoms with Crippen molar-refractivity contribution in [1.82, 2.24) is 0 Å². The molecule has 0 unspecified atom stereocenters. The van der Waals surface area contributed by atoms with E-state index in [0.29, 0.717) is 27.6 Å². The molecule has 0 radical (unpaired) electrons. The number of ketones is 1. The molecule has 0 spiro atoms. The van der Waals surface area contributed by atoms with Crippen molar-refractivity contribution in [3.05, 3.63) is 101 Å². The lowest BCUT2D eigenvalue weighted by Gasteiger charge is -2.25. The van der Waals surface area contributed by atoms with Crippen molar-refractivity contribution in [2.75, 3.05) is 12.0 Å². The van der Waals surface area contributed by atoms with Crippen molar-refractivity contribution in [3.8, 4) is 5.75 Å². The second kappa shape index (κ2) is 8.05. The number of rotatable bonds is 4. The van der Waals surface area contributed by atoms with Gasteiger partial charge < -0.3 is 9.84 Å². The molecule has 1 aliphatic rings. The minimum atomic E-state index is -0.768. The van der Waals surface area contributed by atoms with Gasteiger partial charge in [0.1, 0.15) is 11.5 Å². The van der Waals surface area contributed by atoms with E-state index in [4.69, 9.17) is 16.3 Å². The van der Waals surface area contributed by atoms with Gasteiger partial charge >= 0.3 is 0 Å². The number of nitrogens with zero attached hydrogens (tertiary/aromatic N) is 1. The van der Waals surface area contributed by atoms with Crippen LogP contribution >= 0.6 is 11.6 Å². The fourth-order valence-electron chi connectivity index (χ4n) is 3.56. The highest BCUT2D eigenvalue weighted by Gasteiger charge is 2.46. The average molecular weight is 420 g/mol. The first kappa shape index (κ1) is 19.7. The first-order chi connectivity index (χ1) is 14.5. The Kier molecular flexibility index (Phi) is 5.29. The quantitative estimate of drug-likeness (QED) is 0.368. The maximum absolute atomic E-state index is 13.0. The number of benzene rings is 3. The third-order valence-corrected chi connectivity index (χ3v) is 5.28. The van der Waals surface area contributed by atoms with Crippen LogP contribution in [0.4, 0.5) is 5.69 Å². The Morgan fingerprint density at radius 1 is 0.933 bits per heavy atom. The number of ether oxygens (including phenoxy) is 1. The Morgan fingerprint density at radius 2 is 1.57 bits per heavy atom. The lowest BCUT2D eigenvalue weighted by molar-refractivity contribution is -0.132. The first-order valence-corrected chi connectivity index (χ1v) is 9.65. The van der Waals surface area contributed by atoms with Crippen molar-refractivity contribution < 1.29 is 19.4 Å². The molecule has 1 N–H and O–H groups in total. The zero-order valence-corrected chi connectivity index (χ0v) is 16.8. The number of halogens is 1. The number of aliphatic hydroxyl groups excluding tert-OH is 1. The van der Waals surface area contributed by atoms with Gasteiger partial charge in [-0.3, -0.25) is 14.5 Å². The lowest BCUT2D eigenvalue weighted by atomic mass is 9.95. The number of aliphatic hydroxyl groups is 1. The standard InChI is InChI=1S/C24H18ClNO4/c1-30-19-13-11-18(12-14-19)26-21(15-5-3-2-4-6-15)20(23(28)24(26)29)22(27)16-7-9-17(25)10-8-16/h2-14,21,27H,1H3/t21-/m1/s1. The van der Waals surface area contributed by atoms with Gasteiger partial charge in [-0.25, -0.2) is 0 Å². The Morgan fingerprint density at radius 3 is 2.17 bits per heavy atom. The van der Waals surface area contributed by atoms with Gasteiger partial charge in [-0.2, -0.15) is 0 Å². The van der Waals surface area contributed by atoms with Gasteiger partial charge in [0.15, 0.2) is 0 Å². The molecule has 0 saturated carbocycles. The maximum atomic E-state index is 13.0. The monoisotopic (exact) mass is 419 g/mol. The topological polar surface area (TPSA) is 66.8 Å². The molecule has 150 valence electrons. The van der Waals surface area contributed by atoms with Crippen LogP contribution in [0.1, 0.15) is 17.2 Å². The zero-order chi connectivity index (χ0) is 21.3. The van der Waals surface area contributed by atoms with E-state index in [2.05, 4.69) is 0 Å². The molecule has 4 rings (SSSR count). The maximum Gasteiger partial charge on any atom is 0.300 e. The van der Waals surface area contributed by atoms with Crippen molar-refractivity contribution in [1.29, 1.82) is 0 Å². The van der Waals surface area contributed by atoms with Crippen LogP contribution in [0.3, 0.4) is 0 Å². The predicted octanol–water partition coefficient (Wildman–Crippen LogP) is 4.97. The van der Waals surface area contributed by atoms with Gasteiger partial charge in [0, 0.05) is 16.3 Å². The zero-order valence-electron chi connectivity index (χ0n) is 16.1. The molecule has 1 aliphatic heterocycles. The fourth-order valence-corrected chi connectivity index (χ4v) is 3.68. The molecule has 6 heteroatoms. The Labute approximate surface area is 178 Å². The second-order valence-electron chi connectivity index (χ2n) is 6.78. The minimum absolute atomic E-state index is 0.0318. The highest BCUT2D eigenvalue weighted by atomic mass is 35.5. The minimum Gasteiger partial charge on any atom is -0.507 e. The number of methoxy groups -OCH3 is 1. The molecular weight excluding hydrogens is 402 g/mol. The van der Waals surface area contributed by atoms with E-state index in [1.165, 1.54) is 4.90 Å². The number of Topliss-reactive ketones (excluding diaryl/α,β-unsaturated/α-hetero) is 1. The highest BCUT2D eigenvalue weighted by molar-refractivity contribution is 6.51. The second-order valence-corrected chi connectivity index (χ2v) is 7.22. The summed E-state index contributed by atoms with van der Waals surface area (Å²) >= 11 is 5.94. The van der Waals surface area contributed by atoms with E-state index in [1.54, 1.807) is 55.6 Å². The average Bonchev–Trinajstić information content (AvgIpc) is 3.05. The number of anilines is 1. The normalized spacial score (nSPS) is 17.9. The van der Waals surface area contributed by atoms with E-state index in [0.717, 1.165) is 0 Å². The number of carbonyl (C=O) groups is 2. The highest BCUT2D eigenvalue weighted by Crippen LogP contribution is 2.42. The molecule has 3 aromatic rings. The summed E-state index contributed by atoms with van der Waals surface area (Å²) < 4.78 is 5.19. The van der Waals surface area contributed by atoms with Crippen LogP contribution in [0, 0.1) is 0 Å². The van der Waals surface area contributed by atoms with Gasteiger partial charge in [0.2, 0.25) is 0 Å².